The first-order valence-electron chi connectivity index (χ1n) is 8.07. The number of hydrogen-bond acceptors (Lipinski definition) is 6. The number of ether oxygens (including phenoxy) is 1. The molecule has 22 heavy (non-hydrogen) atoms. The molecule has 1 aromatic heterocycles. The lowest BCUT2D eigenvalue weighted by Crippen LogP contribution is -2.62. The molecular weight excluding hydrogens is 280 g/mol. The van der Waals surface area contributed by atoms with Crippen molar-refractivity contribution < 1.29 is 9.84 Å². The molecule has 6 nitrogen and oxygen atoms in total. The van der Waals surface area contributed by atoms with Crippen LogP contribution in [-0.4, -0.2) is 72.5 Å². The van der Waals surface area contributed by atoms with Crippen LogP contribution in [0.3, 0.4) is 0 Å². The van der Waals surface area contributed by atoms with Crippen LogP contribution in [-0.2, 0) is 4.74 Å². The van der Waals surface area contributed by atoms with Crippen molar-refractivity contribution >= 4 is 5.82 Å². The highest BCUT2D eigenvalue weighted by Crippen LogP contribution is 2.51. The Kier molecular flexibility index (Phi) is 4.61. The van der Waals surface area contributed by atoms with Gasteiger partial charge in [-0.15, -0.1) is 0 Å². The van der Waals surface area contributed by atoms with E-state index in [-0.39, 0.29) is 17.6 Å². The number of aliphatic hydroxyl groups is 1. The summed E-state index contributed by atoms with van der Waals surface area (Å²) in [5, 5.41) is 10.3. The van der Waals surface area contributed by atoms with Crippen molar-refractivity contribution in [1.29, 1.82) is 0 Å². The summed E-state index contributed by atoms with van der Waals surface area (Å²) in [4.78, 5) is 12.9. The molecule has 0 radical (unpaired) electrons. The molecule has 3 rings (SSSR count). The van der Waals surface area contributed by atoms with Crippen LogP contribution < -0.4 is 4.90 Å². The summed E-state index contributed by atoms with van der Waals surface area (Å²) in [5.74, 6) is 0.927. The Morgan fingerprint density at radius 3 is 2.73 bits per heavy atom. The summed E-state index contributed by atoms with van der Waals surface area (Å²) in [6.45, 7) is 3.47. The van der Waals surface area contributed by atoms with E-state index in [0.717, 1.165) is 51.3 Å². The number of rotatable bonds is 5. The highest BCUT2D eigenvalue weighted by Gasteiger charge is 2.56. The zero-order valence-corrected chi connectivity index (χ0v) is 13.5. The Bertz CT molecular complexity index is 474. The van der Waals surface area contributed by atoms with Crippen LogP contribution >= 0.6 is 0 Å². The number of nitrogens with zero attached hydrogens (tertiary/aromatic N) is 4. The second-order valence-electron chi connectivity index (χ2n) is 6.70. The molecule has 1 aliphatic heterocycles. The van der Waals surface area contributed by atoms with Crippen LogP contribution in [0.4, 0.5) is 5.82 Å². The van der Waals surface area contributed by atoms with Crippen molar-refractivity contribution in [3.63, 3.8) is 0 Å². The van der Waals surface area contributed by atoms with Gasteiger partial charge in [-0.2, -0.15) is 0 Å². The van der Waals surface area contributed by atoms with Gasteiger partial charge in [0, 0.05) is 43.9 Å². The van der Waals surface area contributed by atoms with Gasteiger partial charge in [0.1, 0.15) is 5.82 Å². The van der Waals surface area contributed by atoms with E-state index in [1.165, 1.54) is 0 Å². The van der Waals surface area contributed by atoms with Crippen molar-refractivity contribution in [2.45, 2.75) is 31.5 Å². The van der Waals surface area contributed by atoms with Gasteiger partial charge in [-0.25, -0.2) is 4.98 Å². The predicted molar refractivity (Wildman–Crippen MR) is 84.8 cm³/mol. The van der Waals surface area contributed by atoms with E-state index in [9.17, 15) is 5.11 Å². The van der Waals surface area contributed by atoms with Gasteiger partial charge >= 0.3 is 0 Å². The van der Waals surface area contributed by atoms with Gasteiger partial charge in [0.25, 0.3) is 0 Å². The number of piperidine rings is 1. The number of likely N-dealkylation sites (N-methyl/N-ethyl adjacent to an activating group) is 1. The van der Waals surface area contributed by atoms with Crippen LogP contribution in [0.5, 0.6) is 0 Å². The smallest absolute Gasteiger partial charge is 0.147 e. The van der Waals surface area contributed by atoms with Gasteiger partial charge in [-0.1, -0.05) is 0 Å². The Labute approximate surface area is 132 Å². The lowest BCUT2D eigenvalue weighted by atomic mass is 9.58. The lowest BCUT2D eigenvalue weighted by molar-refractivity contribution is -0.202. The first kappa shape index (κ1) is 15.6. The minimum atomic E-state index is -0.221. The molecule has 0 amide bonds. The molecule has 2 atom stereocenters. The second-order valence-corrected chi connectivity index (χ2v) is 6.70. The molecule has 0 bridgehead atoms. The van der Waals surface area contributed by atoms with E-state index in [1.54, 1.807) is 18.6 Å². The second kappa shape index (κ2) is 6.48. The molecule has 1 aliphatic carbocycles. The maximum Gasteiger partial charge on any atom is 0.147 e. The molecule has 2 heterocycles. The molecule has 6 heteroatoms. The highest BCUT2D eigenvalue weighted by molar-refractivity contribution is 5.36. The summed E-state index contributed by atoms with van der Waals surface area (Å²) in [7, 11) is 4.10. The zero-order chi connectivity index (χ0) is 15.6. The average molecular weight is 306 g/mol. The Morgan fingerprint density at radius 2 is 2.14 bits per heavy atom. The fourth-order valence-electron chi connectivity index (χ4n) is 3.60. The van der Waals surface area contributed by atoms with Gasteiger partial charge < -0.3 is 19.6 Å². The zero-order valence-electron chi connectivity index (χ0n) is 13.5. The van der Waals surface area contributed by atoms with E-state index in [1.807, 2.05) is 14.1 Å². The van der Waals surface area contributed by atoms with Gasteiger partial charge in [0.05, 0.1) is 25.0 Å². The van der Waals surface area contributed by atoms with Crippen molar-refractivity contribution in [3.8, 4) is 0 Å². The van der Waals surface area contributed by atoms with Crippen molar-refractivity contribution in [2.24, 2.45) is 5.41 Å². The third kappa shape index (κ3) is 2.95. The molecule has 1 N–H and O–H groups in total. The maximum atomic E-state index is 10.3. The SMILES string of the molecule is CN(C)CCO[C@@H]1C[C@H](O)C12CCN(c1cnccn1)CC2. The van der Waals surface area contributed by atoms with Crippen LogP contribution in [0.1, 0.15) is 19.3 Å². The van der Waals surface area contributed by atoms with Gasteiger partial charge in [-0.3, -0.25) is 4.98 Å². The molecule has 2 aliphatic rings. The van der Waals surface area contributed by atoms with E-state index in [0.29, 0.717) is 0 Å². The normalized spacial score (nSPS) is 27.2. The van der Waals surface area contributed by atoms with Gasteiger partial charge in [0.15, 0.2) is 0 Å². The van der Waals surface area contributed by atoms with Crippen LogP contribution in [0, 0.1) is 5.41 Å². The third-order valence-corrected chi connectivity index (χ3v) is 5.17. The predicted octanol–water partition coefficient (Wildman–Crippen LogP) is 0.775. The fourth-order valence-corrected chi connectivity index (χ4v) is 3.60. The fraction of sp³-hybridized carbons (Fsp3) is 0.750. The number of aromatic nitrogens is 2. The van der Waals surface area contributed by atoms with E-state index in [4.69, 9.17) is 4.74 Å². The van der Waals surface area contributed by atoms with Crippen molar-refractivity contribution in [1.82, 2.24) is 14.9 Å². The minimum Gasteiger partial charge on any atom is -0.392 e. The molecule has 1 aromatic rings. The quantitative estimate of drug-likeness (QED) is 0.867. The topological polar surface area (TPSA) is 61.7 Å². The van der Waals surface area contributed by atoms with Gasteiger partial charge in [0.2, 0.25) is 0 Å². The van der Waals surface area contributed by atoms with Crippen LogP contribution in [0.25, 0.3) is 0 Å². The average Bonchev–Trinajstić information content (AvgIpc) is 2.55. The number of aliphatic hydroxyl groups excluding tert-OH is 1. The monoisotopic (exact) mass is 306 g/mol. The maximum absolute atomic E-state index is 10.3. The number of anilines is 1. The number of hydrogen-bond donors (Lipinski definition) is 1. The van der Waals surface area contributed by atoms with Crippen LogP contribution in [0.2, 0.25) is 0 Å². The molecule has 1 saturated heterocycles. The highest BCUT2D eigenvalue weighted by atomic mass is 16.5. The molecule has 1 saturated carbocycles. The molecule has 0 unspecified atom stereocenters. The lowest BCUT2D eigenvalue weighted by Gasteiger charge is -2.56. The summed E-state index contributed by atoms with van der Waals surface area (Å²) >= 11 is 0. The Hall–Kier alpha value is -1.24. The first-order valence-corrected chi connectivity index (χ1v) is 8.07. The van der Waals surface area contributed by atoms with Crippen molar-refractivity contribution in [2.75, 3.05) is 45.2 Å². The Morgan fingerprint density at radius 1 is 1.36 bits per heavy atom. The summed E-state index contributed by atoms with van der Waals surface area (Å²) < 4.78 is 6.05. The Balaban J connectivity index is 1.56. The standard InChI is InChI=1S/C16H26N4O2/c1-19(2)9-10-22-14-11-13(21)16(14)3-7-20(8-4-16)15-12-17-5-6-18-15/h5-6,12-14,21H,3-4,7-11H2,1-2H3/t13-,14+/m0/s1. The third-order valence-electron chi connectivity index (χ3n) is 5.17. The van der Waals surface area contributed by atoms with Gasteiger partial charge in [-0.05, 0) is 26.9 Å². The molecule has 1 spiro atoms. The van der Waals surface area contributed by atoms with Crippen molar-refractivity contribution in [3.05, 3.63) is 18.6 Å². The van der Waals surface area contributed by atoms with Crippen LogP contribution in [0.15, 0.2) is 18.6 Å². The minimum absolute atomic E-state index is 0.0506. The molecular formula is C16H26N4O2. The summed E-state index contributed by atoms with van der Waals surface area (Å²) in [6, 6.07) is 0. The largest absolute Gasteiger partial charge is 0.392 e. The molecule has 0 aromatic carbocycles. The molecule has 2 fully saturated rings. The van der Waals surface area contributed by atoms with E-state index >= 15 is 0 Å². The first-order chi connectivity index (χ1) is 10.6. The molecule has 122 valence electrons. The van der Waals surface area contributed by atoms with E-state index < -0.39 is 0 Å². The summed E-state index contributed by atoms with van der Waals surface area (Å²) in [5.41, 5.74) is -0.0506. The summed E-state index contributed by atoms with van der Waals surface area (Å²) in [6.07, 6.45) is 7.89. The van der Waals surface area contributed by atoms with E-state index in [2.05, 4.69) is 19.8 Å².